The average molecular weight is 343 g/mol. The maximum absolute atomic E-state index is 5.89. The Morgan fingerprint density at radius 3 is 2.43 bits per heavy atom. The van der Waals surface area contributed by atoms with Crippen molar-refractivity contribution >= 4 is 35.1 Å². The van der Waals surface area contributed by atoms with E-state index in [1.165, 1.54) is 24.0 Å². The van der Waals surface area contributed by atoms with Crippen molar-refractivity contribution in [2.45, 2.75) is 32.6 Å². The molecule has 2 aromatic carbocycles. The van der Waals surface area contributed by atoms with Crippen molar-refractivity contribution in [1.29, 1.82) is 0 Å². The summed E-state index contributed by atoms with van der Waals surface area (Å²) in [5.74, 6) is 0.917. The van der Waals surface area contributed by atoms with Gasteiger partial charge in [-0.15, -0.1) is 25.3 Å². The van der Waals surface area contributed by atoms with Crippen LogP contribution in [-0.2, 0) is 12.8 Å². The first kappa shape index (κ1) is 16.5. The predicted molar refractivity (Wildman–Crippen MR) is 105 cm³/mol. The van der Waals surface area contributed by atoms with Crippen LogP contribution in [0.1, 0.15) is 42.0 Å². The van der Waals surface area contributed by atoms with Crippen LogP contribution in [0.15, 0.2) is 42.5 Å². The summed E-state index contributed by atoms with van der Waals surface area (Å²) in [6.45, 7) is 2.67. The number of rotatable bonds is 4. The highest BCUT2D eigenvalue weighted by molar-refractivity contribution is 7.96. The van der Waals surface area contributed by atoms with E-state index in [4.69, 9.17) is 30.0 Å². The first-order valence-corrected chi connectivity index (χ1v) is 9.07. The topological polar surface area (TPSA) is 9.23 Å². The zero-order chi connectivity index (χ0) is 16.2. The van der Waals surface area contributed by atoms with Crippen LogP contribution in [0.25, 0.3) is 9.81 Å². The standard InChI is InChI=1S/C20H22OS2/c1-2-21-17-13-12-14-8-6-7-11-16(14)18(17)20(23)19(22)15-9-4-3-5-10-15/h3-5,9-10,12-13,22-23H,2,6-8,11H2,1H3/b20-19-. The number of hydrogen-bond donors (Lipinski definition) is 2. The Labute approximate surface area is 149 Å². The fourth-order valence-corrected chi connectivity index (χ4v) is 3.83. The Morgan fingerprint density at radius 2 is 1.70 bits per heavy atom. The van der Waals surface area contributed by atoms with Gasteiger partial charge in [0, 0.05) is 15.4 Å². The summed E-state index contributed by atoms with van der Waals surface area (Å²) in [6, 6.07) is 14.5. The minimum atomic E-state index is 0.653. The van der Waals surface area contributed by atoms with Gasteiger partial charge < -0.3 is 4.74 Å². The largest absolute Gasteiger partial charge is 0.493 e. The van der Waals surface area contributed by atoms with Gasteiger partial charge in [-0.2, -0.15) is 0 Å². The van der Waals surface area contributed by atoms with Gasteiger partial charge in [0.2, 0.25) is 0 Å². The van der Waals surface area contributed by atoms with E-state index in [1.807, 2.05) is 25.1 Å². The van der Waals surface area contributed by atoms with Crippen molar-refractivity contribution in [3.05, 3.63) is 64.7 Å². The molecule has 3 rings (SSSR count). The van der Waals surface area contributed by atoms with E-state index in [1.54, 1.807) is 0 Å². The molecule has 0 aliphatic heterocycles. The molecule has 1 aliphatic rings. The van der Waals surface area contributed by atoms with Gasteiger partial charge in [-0.3, -0.25) is 0 Å². The zero-order valence-electron chi connectivity index (χ0n) is 13.4. The molecule has 1 aliphatic carbocycles. The van der Waals surface area contributed by atoms with Crippen molar-refractivity contribution in [2.24, 2.45) is 0 Å². The highest BCUT2D eigenvalue weighted by Crippen LogP contribution is 2.41. The molecule has 0 bridgehead atoms. The molecule has 0 saturated carbocycles. The molecule has 0 unspecified atom stereocenters. The van der Waals surface area contributed by atoms with Gasteiger partial charge in [0.1, 0.15) is 5.75 Å². The van der Waals surface area contributed by atoms with Crippen LogP contribution < -0.4 is 4.74 Å². The smallest absolute Gasteiger partial charge is 0.127 e. The normalized spacial score (nSPS) is 14.9. The number of benzene rings is 2. The molecule has 23 heavy (non-hydrogen) atoms. The maximum Gasteiger partial charge on any atom is 0.127 e. The second-order valence-electron chi connectivity index (χ2n) is 5.78. The fourth-order valence-electron chi connectivity index (χ4n) is 3.19. The molecular weight excluding hydrogens is 320 g/mol. The number of hydrogen-bond acceptors (Lipinski definition) is 3. The second-order valence-corrected chi connectivity index (χ2v) is 6.67. The summed E-state index contributed by atoms with van der Waals surface area (Å²) in [5, 5.41) is 0. The summed E-state index contributed by atoms with van der Waals surface area (Å²) in [6.07, 6.45) is 4.72. The second kappa shape index (κ2) is 7.50. The van der Waals surface area contributed by atoms with E-state index in [9.17, 15) is 0 Å². The molecule has 0 atom stereocenters. The van der Waals surface area contributed by atoms with Crippen molar-refractivity contribution in [3.8, 4) is 5.75 Å². The SMILES string of the molecule is CCOc1ccc2c(c1/C(S)=C(/S)c1ccccc1)CCCC2. The summed E-state index contributed by atoms with van der Waals surface area (Å²) < 4.78 is 5.89. The molecular formula is C20H22OS2. The van der Waals surface area contributed by atoms with Crippen LogP contribution in [0.5, 0.6) is 5.75 Å². The third kappa shape index (κ3) is 3.46. The molecule has 1 nitrogen and oxygen atoms in total. The zero-order valence-corrected chi connectivity index (χ0v) is 15.2. The van der Waals surface area contributed by atoms with Gasteiger partial charge in [0.05, 0.1) is 6.61 Å². The molecule has 0 saturated heterocycles. The molecule has 0 amide bonds. The van der Waals surface area contributed by atoms with Gasteiger partial charge in [-0.05, 0) is 55.4 Å². The van der Waals surface area contributed by atoms with E-state index >= 15 is 0 Å². The number of thiol groups is 2. The van der Waals surface area contributed by atoms with Crippen molar-refractivity contribution in [2.75, 3.05) is 6.61 Å². The molecule has 0 heterocycles. The molecule has 3 heteroatoms. The average Bonchev–Trinajstić information content (AvgIpc) is 2.61. The van der Waals surface area contributed by atoms with E-state index in [-0.39, 0.29) is 0 Å². The lowest BCUT2D eigenvalue weighted by atomic mass is 9.87. The van der Waals surface area contributed by atoms with Gasteiger partial charge in [-0.1, -0.05) is 36.4 Å². The maximum atomic E-state index is 5.89. The Balaban J connectivity index is 2.17. The highest BCUT2D eigenvalue weighted by Gasteiger charge is 2.20. The quantitative estimate of drug-likeness (QED) is 0.539. The molecule has 0 fully saturated rings. The molecule has 120 valence electrons. The van der Waals surface area contributed by atoms with Crippen molar-refractivity contribution in [3.63, 3.8) is 0 Å². The minimum Gasteiger partial charge on any atom is -0.493 e. The Hall–Kier alpha value is -1.32. The summed E-state index contributed by atoms with van der Waals surface area (Å²) in [5.41, 5.74) is 5.02. The van der Waals surface area contributed by atoms with Crippen molar-refractivity contribution < 1.29 is 4.74 Å². The van der Waals surface area contributed by atoms with Crippen LogP contribution in [0.2, 0.25) is 0 Å². The fraction of sp³-hybridized carbons (Fsp3) is 0.300. The third-order valence-corrected chi connectivity index (χ3v) is 5.41. The Kier molecular flexibility index (Phi) is 5.39. The minimum absolute atomic E-state index is 0.653. The molecule has 0 spiro atoms. The van der Waals surface area contributed by atoms with Crippen LogP contribution >= 0.6 is 25.3 Å². The van der Waals surface area contributed by atoms with E-state index in [0.717, 1.165) is 39.5 Å². The highest BCUT2D eigenvalue weighted by atomic mass is 32.1. The number of fused-ring (bicyclic) bond motifs is 1. The van der Waals surface area contributed by atoms with Gasteiger partial charge in [-0.25, -0.2) is 0 Å². The number of ether oxygens (including phenoxy) is 1. The van der Waals surface area contributed by atoms with Crippen LogP contribution in [0.3, 0.4) is 0 Å². The number of aryl methyl sites for hydroxylation is 1. The lowest BCUT2D eigenvalue weighted by molar-refractivity contribution is 0.338. The molecule has 0 radical (unpaired) electrons. The van der Waals surface area contributed by atoms with Crippen LogP contribution in [-0.4, -0.2) is 6.61 Å². The third-order valence-electron chi connectivity index (χ3n) is 4.30. The predicted octanol–water partition coefficient (Wildman–Crippen LogP) is 5.65. The first-order chi connectivity index (χ1) is 11.2. The van der Waals surface area contributed by atoms with Gasteiger partial charge in [0.15, 0.2) is 0 Å². The van der Waals surface area contributed by atoms with E-state index in [2.05, 4.69) is 24.3 Å². The monoisotopic (exact) mass is 342 g/mol. The lowest BCUT2D eigenvalue weighted by Gasteiger charge is -2.23. The lowest BCUT2D eigenvalue weighted by Crippen LogP contribution is -2.08. The summed E-state index contributed by atoms with van der Waals surface area (Å²) >= 11 is 9.60. The van der Waals surface area contributed by atoms with Crippen LogP contribution in [0, 0.1) is 0 Å². The molecule has 0 N–H and O–H groups in total. The van der Waals surface area contributed by atoms with E-state index in [0.29, 0.717) is 6.61 Å². The Bertz CT molecular complexity index is 720. The van der Waals surface area contributed by atoms with Gasteiger partial charge >= 0.3 is 0 Å². The van der Waals surface area contributed by atoms with Crippen LogP contribution in [0.4, 0.5) is 0 Å². The van der Waals surface area contributed by atoms with Gasteiger partial charge in [0.25, 0.3) is 0 Å². The summed E-state index contributed by atoms with van der Waals surface area (Å²) in [7, 11) is 0. The Morgan fingerprint density at radius 1 is 0.957 bits per heavy atom. The van der Waals surface area contributed by atoms with E-state index < -0.39 is 0 Å². The van der Waals surface area contributed by atoms with Crippen molar-refractivity contribution in [1.82, 2.24) is 0 Å². The summed E-state index contributed by atoms with van der Waals surface area (Å²) in [4.78, 5) is 1.80. The molecule has 0 aromatic heterocycles. The molecule has 2 aromatic rings. The first-order valence-electron chi connectivity index (χ1n) is 8.18.